The second-order valence-electron chi connectivity index (χ2n) is 5.98. The number of anilines is 1. The zero-order chi connectivity index (χ0) is 17.6. The molecule has 0 aliphatic carbocycles. The number of sulfonamides is 1. The van der Waals surface area contributed by atoms with Crippen LogP contribution in [0.1, 0.15) is 12.5 Å². The lowest BCUT2D eigenvalue weighted by Crippen LogP contribution is -2.55. The van der Waals surface area contributed by atoms with Crippen molar-refractivity contribution in [3.63, 3.8) is 0 Å². The van der Waals surface area contributed by atoms with E-state index in [1.807, 2.05) is 6.07 Å². The summed E-state index contributed by atoms with van der Waals surface area (Å²) in [6.45, 7) is 2.70. The van der Waals surface area contributed by atoms with E-state index in [1.165, 1.54) is 17.4 Å². The Labute approximate surface area is 145 Å². The predicted octanol–water partition coefficient (Wildman–Crippen LogP) is 0.795. The van der Waals surface area contributed by atoms with E-state index in [0.717, 1.165) is 5.56 Å². The number of amides is 1. The Bertz CT molecular complexity index is 941. The molecule has 2 aliphatic heterocycles. The zero-order valence-electron chi connectivity index (χ0n) is 13.5. The summed E-state index contributed by atoms with van der Waals surface area (Å²) in [4.78, 5) is 21.4. The minimum absolute atomic E-state index is 0.00422. The molecule has 2 aromatic rings. The fourth-order valence-electron chi connectivity index (χ4n) is 2.90. The number of ether oxygens (including phenoxy) is 1. The van der Waals surface area contributed by atoms with Gasteiger partial charge in [-0.05, 0) is 11.6 Å². The molecule has 1 aromatic heterocycles. The molecule has 1 aromatic carbocycles. The van der Waals surface area contributed by atoms with E-state index < -0.39 is 10.0 Å². The van der Waals surface area contributed by atoms with Crippen LogP contribution in [0.25, 0.3) is 0 Å². The molecule has 0 bridgehead atoms. The average molecular weight is 360 g/mol. The molecule has 1 amide bonds. The van der Waals surface area contributed by atoms with Crippen LogP contribution >= 0.6 is 0 Å². The summed E-state index contributed by atoms with van der Waals surface area (Å²) in [6.07, 6.45) is 1.30. The van der Waals surface area contributed by atoms with Gasteiger partial charge in [0.15, 0.2) is 0 Å². The Morgan fingerprint density at radius 3 is 2.72 bits per heavy atom. The van der Waals surface area contributed by atoms with Crippen LogP contribution < -0.4 is 9.04 Å². The lowest BCUT2D eigenvalue weighted by atomic mass is 10.2. The fourth-order valence-corrected chi connectivity index (χ4v) is 4.50. The molecule has 3 heterocycles. The number of aromatic nitrogens is 2. The maximum Gasteiger partial charge on any atom is 0.318 e. The van der Waals surface area contributed by atoms with Crippen LogP contribution in [0.15, 0.2) is 41.4 Å². The molecule has 0 atom stereocenters. The zero-order valence-corrected chi connectivity index (χ0v) is 14.3. The van der Waals surface area contributed by atoms with Crippen LogP contribution in [0.4, 0.5) is 5.82 Å². The summed E-state index contributed by atoms with van der Waals surface area (Å²) in [5, 5.41) is 0. The molecule has 9 heteroatoms. The Kier molecular flexibility index (Phi) is 3.60. The van der Waals surface area contributed by atoms with Gasteiger partial charge < -0.3 is 9.64 Å². The molecule has 130 valence electrons. The van der Waals surface area contributed by atoms with E-state index in [0.29, 0.717) is 18.0 Å². The molecular formula is C16H16N4O4S. The van der Waals surface area contributed by atoms with Gasteiger partial charge in [0.2, 0.25) is 5.91 Å². The molecule has 8 nitrogen and oxygen atoms in total. The molecule has 25 heavy (non-hydrogen) atoms. The Morgan fingerprint density at radius 2 is 2.00 bits per heavy atom. The van der Waals surface area contributed by atoms with Gasteiger partial charge in [-0.15, -0.1) is 0 Å². The number of benzene rings is 1. The first-order valence-electron chi connectivity index (χ1n) is 7.81. The van der Waals surface area contributed by atoms with Crippen LogP contribution in [-0.4, -0.2) is 48.4 Å². The fraction of sp³-hybridized carbons (Fsp3) is 0.312. The van der Waals surface area contributed by atoms with Gasteiger partial charge in [0, 0.05) is 19.2 Å². The number of hydrogen-bond donors (Lipinski definition) is 0. The van der Waals surface area contributed by atoms with Crippen LogP contribution in [-0.2, 0) is 21.4 Å². The van der Waals surface area contributed by atoms with Crippen molar-refractivity contribution in [2.75, 3.05) is 17.4 Å². The number of fused-ring (bicyclic) bond motifs is 1. The van der Waals surface area contributed by atoms with E-state index in [2.05, 4.69) is 9.97 Å². The van der Waals surface area contributed by atoms with Crippen molar-refractivity contribution < 1.29 is 17.9 Å². The summed E-state index contributed by atoms with van der Waals surface area (Å²) < 4.78 is 32.3. The third kappa shape index (κ3) is 2.70. The molecule has 1 fully saturated rings. The molecule has 0 unspecified atom stereocenters. The van der Waals surface area contributed by atoms with Crippen molar-refractivity contribution in [3.05, 3.63) is 42.1 Å². The van der Waals surface area contributed by atoms with Crippen LogP contribution in [0.2, 0.25) is 0 Å². The van der Waals surface area contributed by atoms with E-state index in [4.69, 9.17) is 4.74 Å². The summed E-state index contributed by atoms with van der Waals surface area (Å²) >= 11 is 0. The quantitative estimate of drug-likeness (QED) is 0.804. The van der Waals surface area contributed by atoms with Crippen molar-refractivity contribution in [2.24, 2.45) is 0 Å². The maximum atomic E-state index is 12.7. The van der Waals surface area contributed by atoms with Crippen LogP contribution in [0.5, 0.6) is 6.01 Å². The number of likely N-dealkylation sites (tertiary alicyclic amines) is 1. The Balaban J connectivity index is 1.54. The highest BCUT2D eigenvalue weighted by Gasteiger charge is 2.36. The second-order valence-corrected chi connectivity index (χ2v) is 7.81. The molecule has 0 saturated carbocycles. The van der Waals surface area contributed by atoms with E-state index in [-0.39, 0.29) is 30.4 Å². The molecule has 4 rings (SSSR count). The predicted molar refractivity (Wildman–Crippen MR) is 88.5 cm³/mol. The van der Waals surface area contributed by atoms with Crippen molar-refractivity contribution in [2.45, 2.75) is 24.5 Å². The molecule has 0 spiro atoms. The van der Waals surface area contributed by atoms with Gasteiger partial charge in [-0.25, -0.2) is 17.7 Å². The standard InChI is InChI=1S/C16H16N4O4S/c1-11(21)19-9-13(10-19)24-16-17-7-6-15(18-16)20-8-12-4-2-3-5-14(12)25(20,22)23/h2-7,13H,8-10H2,1H3. The van der Waals surface area contributed by atoms with E-state index in [1.54, 1.807) is 29.2 Å². The smallest absolute Gasteiger partial charge is 0.318 e. The first-order chi connectivity index (χ1) is 11.9. The van der Waals surface area contributed by atoms with Crippen molar-refractivity contribution in [1.29, 1.82) is 0 Å². The third-order valence-electron chi connectivity index (χ3n) is 4.29. The number of hydrogen-bond acceptors (Lipinski definition) is 6. The van der Waals surface area contributed by atoms with Gasteiger partial charge in [-0.2, -0.15) is 4.98 Å². The first-order valence-corrected chi connectivity index (χ1v) is 9.25. The van der Waals surface area contributed by atoms with Crippen molar-refractivity contribution in [1.82, 2.24) is 14.9 Å². The van der Waals surface area contributed by atoms with Gasteiger partial charge in [0.1, 0.15) is 11.9 Å². The highest BCUT2D eigenvalue weighted by atomic mass is 32.2. The lowest BCUT2D eigenvalue weighted by Gasteiger charge is -2.37. The minimum Gasteiger partial charge on any atom is -0.456 e. The number of carbonyl (C=O) groups is 1. The van der Waals surface area contributed by atoms with Gasteiger partial charge in [0.25, 0.3) is 10.0 Å². The molecule has 0 radical (unpaired) electrons. The highest BCUT2D eigenvalue weighted by Crippen LogP contribution is 2.33. The molecule has 0 N–H and O–H groups in total. The number of carbonyl (C=O) groups excluding carboxylic acids is 1. The van der Waals surface area contributed by atoms with E-state index in [9.17, 15) is 13.2 Å². The normalized spacial score (nSPS) is 18.6. The first kappa shape index (κ1) is 15.8. The van der Waals surface area contributed by atoms with Crippen molar-refractivity contribution >= 4 is 21.7 Å². The average Bonchev–Trinajstić information content (AvgIpc) is 2.82. The Hall–Kier alpha value is -2.68. The molecular weight excluding hydrogens is 344 g/mol. The van der Waals surface area contributed by atoms with Crippen LogP contribution in [0, 0.1) is 0 Å². The third-order valence-corrected chi connectivity index (χ3v) is 6.14. The lowest BCUT2D eigenvalue weighted by molar-refractivity contribution is -0.137. The maximum absolute atomic E-state index is 12.7. The number of nitrogens with zero attached hydrogens (tertiary/aromatic N) is 4. The SMILES string of the molecule is CC(=O)N1CC(Oc2nccc(N3Cc4ccccc4S3(=O)=O)n2)C1. The van der Waals surface area contributed by atoms with Gasteiger partial charge in [0.05, 0.1) is 24.5 Å². The summed E-state index contributed by atoms with van der Waals surface area (Å²) in [7, 11) is -3.62. The Morgan fingerprint density at radius 1 is 1.24 bits per heavy atom. The summed E-state index contributed by atoms with van der Waals surface area (Å²) in [6, 6.07) is 8.54. The molecule has 1 saturated heterocycles. The minimum atomic E-state index is -3.62. The summed E-state index contributed by atoms with van der Waals surface area (Å²) in [5.74, 6) is 0.263. The monoisotopic (exact) mass is 360 g/mol. The van der Waals surface area contributed by atoms with Crippen LogP contribution in [0.3, 0.4) is 0 Å². The second kappa shape index (κ2) is 5.69. The van der Waals surface area contributed by atoms with Crippen molar-refractivity contribution in [3.8, 4) is 6.01 Å². The summed E-state index contributed by atoms with van der Waals surface area (Å²) in [5.41, 5.74) is 0.736. The van der Waals surface area contributed by atoms with E-state index >= 15 is 0 Å². The number of rotatable bonds is 3. The topological polar surface area (TPSA) is 92.7 Å². The van der Waals surface area contributed by atoms with Gasteiger partial charge in [-0.3, -0.25) is 4.79 Å². The molecule has 2 aliphatic rings. The van der Waals surface area contributed by atoms with Gasteiger partial charge >= 0.3 is 6.01 Å². The highest BCUT2D eigenvalue weighted by molar-refractivity contribution is 7.93. The largest absolute Gasteiger partial charge is 0.456 e. The van der Waals surface area contributed by atoms with Gasteiger partial charge in [-0.1, -0.05) is 18.2 Å².